The van der Waals surface area contributed by atoms with Gasteiger partial charge in [0.15, 0.2) is 23.3 Å². The molecule has 2 amide bonds. The lowest BCUT2D eigenvalue weighted by atomic mass is 9.81. The van der Waals surface area contributed by atoms with Crippen molar-refractivity contribution in [3.63, 3.8) is 0 Å². The maximum Gasteiger partial charge on any atom is 0.411 e. The average Bonchev–Trinajstić information content (AvgIpc) is 1.72. The minimum Gasteiger partial charge on any atom is -0.472 e. The lowest BCUT2D eigenvalue weighted by molar-refractivity contribution is -0.153. The number of rotatable bonds is 17. The van der Waals surface area contributed by atoms with E-state index >= 15 is 0 Å². The van der Waals surface area contributed by atoms with Gasteiger partial charge >= 0.3 is 30.0 Å². The second-order valence-corrected chi connectivity index (χ2v) is 33.1. The molecule has 16 rings (SSSR count). The number of hydrogen-bond acceptors (Lipinski definition) is 25. The monoisotopic (exact) mass is 1660 g/mol. The van der Waals surface area contributed by atoms with Crippen molar-refractivity contribution in [1.82, 2.24) is 60.3 Å². The molecule has 4 saturated heterocycles. The summed E-state index contributed by atoms with van der Waals surface area (Å²) in [4.78, 5) is 115. The van der Waals surface area contributed by atoms with E-state index in [0.29, 0.717) is 79.2 Å². The number of methoxy groups -OCH3 is 4. The van der Waals surface area contributed by atoms with Crippen LogP contribution >= 0.6 is 0 Å². The van der Waals surface area contributed by atoms with Crippen LogP contribution in [0.4, 0.5) is 4.79 Å². The molecule has 0 aliphatic carbocycles. The average molecular weight is 1670 g/mol. The van der Waals surface area contributed by atoms with E-state index < -0.39 is 47.9 Å². The van der Waals surface area contributed by atoms with Crippen molar-refractivity contribution in [2.24, 2.45) is 11.3 Å². The summed E-state index contributed by atoms with van der Waals surface area (Å²) in [6.07, 6.45) is -0.0710. The molecule has 8 unspecified atom stereocenters. The predicted octanol–water partition coefficient (Wildman–Crippen LogP) is 15.1. The van der Waals surface area contributed by atoms with Gasteiger partial charge in [-0.1, -0.05) is 196 Å². The van der Waals surface area contributed by atoms with Gasteiger partial charge in [-0.3, -0.25) is 19.3 Å². The van der Waals surface area contributed by atoms with Crippen LogP contribution in [0.5, 0.6) is 23.5 Å². The zero-order valence-corrected chi connectivity index (χ0v) is 71.9. The van der Waals surface area contributed by atoms with Gasteiger partial charge in [-0.25, -0.2) is 34.3 Å². The third kappa shape index (κ3) is 21.6. The van der Waals surface area contributed by atoms with Crippen LogP contribution in [0, 0.1) is 39.0 Å². The first-order chi connectivity index (χ1) is 59.0. The van der Waals surface area contributed by atoms with Crippen LogP contribution in [0.25, 0.3) is 89.2 Å². The van der Waals surface area contributed by atoms with Crippen molar-refractivity contribution in [2.45, 2.75) is 156 Å². The number of amides is 2. The van der Waals surface area contributed by atoms with Crippen molar-refractivity contribution >= 4 is 79.5 Å². The van der Waals surface area contributed by atoms with Gasteiger partial charge < -0.3 is 58.2 Å². The van der Waals surface area contributed by atoms with Gasteiger partial charge in [0.1, 0.15) is 54.2 Å². The van der Waals surface area contributed by atoms with E-state index in [1.165, 1.54) is 33.3 Å². The molecule has 8 aromatic carbocycles. The van der Waals surface area contributed by atoms with Crippen molar-refractivity contribution in [2.75, 3.05) is 54.6 Å². The SMILES string of the molecule is COC(=O)C1CC(Oc2nc(-c3ccccc3)nc3ccc(C)cc23)CN1.COC(=O)C1CC(Oc2nc(-c3ccccc3)nc3ccc(C)cc23)CN1.COC(=O)C1CC(Oc2nc(-c3ccccc3)nc3ccc(C)cc23)CN1C(=O)OC(C)(C)C.COC(=O)C1CC(Oc2nc(-c3ccccc3)nc3ccc(C)cc23)CN1C(=O)[C@@H](C)C(C)(C)C. The molecule has 4 fully saturated rings. The summed E-state index contributed by atoms with van der Waals surface area (Å²) in [6.45, 7) is 22.9. The molecule has 27 heteroatoms. The number of carbonyl (C=O) groups excluding carboxylic acids is 6. The van der Waals surface area contributed by atoms with Crippen LogP contribution < -0.4 is 29.6 Å². The number of aromatic nitrogens is 8. The largest absolute Gasteiger partial charge is 0.472 e. The predicted molar refractivity (Wildman–Crippen MR) is 467 cm³/mol. The fourth-order valence-corrected chi connectivity index (χ4v) is 14.8. The zero-order valence-electron chi connectivity index (χ0n) is 71.9. The molecule has 123 heavy (non-hydrogen) atoms. The van der Waals surface area contributed by atoms with Gasteiger partial charge in [-0.15, -0.1) is 0 Å². The van der Waals surface area contributed by atoms with Crippen LogP contribution in [-0.4, -0.2) is 194 Å². The summed E-state index contributed by atoms with van der Waals surface area (Å²) in [6, 6.07) is 60.8. The van der Waals surface area contributed by atoms with E-state index in [1.807, 2.05) is 250 Å². The molecule has 12 aromatic rings. The minimum absolute atomic E-state index is 0.0765. The normalized spacial score (nSPS) is 18.8. The molecule has 0 radical (unpaired) electrons. The van der Waals surface area contributed by atoms with E-state index in [0.717, 1.165) is 88.1 Å². The Bertz CT molecular complexity index is 5640. The molecule has 0 saturated carbocycles. The Hall–Kier alpha value is -13.1. The summed E-state index contributed by atoms with van der Waals surface area (Å²) in [5, 5.41) is 9.59. The topological polar surface area (TPSA) is 319 Å². The van der Waals surface area contributed by atoms with E-state index in [9.17, 15) is 28.8 Å². The maximum atomic E-state index is 13.4. The number of nitrogens with one attached hydrogen (secondary N) is 2. The van der Waals surface area contributed by atoms with E-state index in [2.05, 4.69) is 20.6 Å². The fourth-order valence-electron chi connectivity index (χ4n) is 14.8. The highest BCUT2D eigenvalue weighted by Crippen LogP contribution is 2.38. The zero-order chi connectivity index (χ0) is 87.4. The first-order valence-corrected chi connectivity index (χ1v) is 41.1. The lowest BCUT2D eigenvalue weighted by Crippen LogP contribution is -2.46. The van der Waals surface area contributed by atoms with Gasteiger partial charge in [-0.05, 0) is 102 Å². The molecule has 0 bridgehead atoms. The molecule has 8 heterocycles. The van der Waals surface area contributed by atoms with Gasteiger partial charge in [0.05, 0.1) is 85.1 Å². The standard InChI is InChI=1S/C28H33N3O4.C26H29N3O5.2C21H21N3O3/c1-17-12-13-22-21(14-17)25(30-24(29-22)19-10-8-7-9-11-19)35-20-15-23(27(33)34-6)31(16-20)26(32)18(2)28(3,4)5;1-16-11-12-20-19(13-16)23(28-22(27-20)17-9-7-6-8-10-17)33-18-14-21(24(30)32-5)29(15-18)25(31)34-26(2,3)4;2*1-13-8-9-17-16(10-13)20(24-19(23-17)14-6-4-3-5-7-14)27-15-11-18(22-12-15)21(25)26-2/h7-14,18,20,23H,15-16H2,1-6H3;6-13,18,21H,14-15H2,1-5H3;2*3-10,15,18,22H,11-12H2,1-2H3/t18-,20?,23?;;;/m1.../s1. The third-order valence-electron chi connectivity index (χ3n) is 21.7. The number of esters is 4. The number of likely N-dealkylation sites (tertiary alicyclic amines) is 2. The number of aryl methyl sites for hydroxylation is 4. The Labute approximate surface area is 715 Å². The highest BCUT2D eigenvalue weighted by Gasteiger charge is 2.46. The first-order valence-electron chi connectivity index (χ1n) is 41.1. The molecular formula is C96H104N12O15. The highest BCUT2D eigenvalue weighted by atomic mass is 16.6. The number of nitrogens with zero attached hydrogens (tertiary/aromatic N) is 10. The maximum absolute atomic E-state index is 13.4. The Morgan fingerprint density at radius 2 is 0.650 bits per heavy atom. The van der Waals surface area contributed by atoms with E-state index in [4.69, 9.17) is 72.5 Å². The van der Waals surface area contributed by atoms with E-state index in [1.54, 1.807) is 25.7 Å². The minimum atomic E-state index is -0.798. The highest BCUT2D eigenvalue weighted by molar-refractivity contribution is 5.91. The summed E-state index contributed by atoms with van der Waals surface area (Å²) in [5.74, 6) is 2.47. The van der Waals surface area contributed by atoms with Gasteiger partial charge in [0.2, 0.25) is 29.4 Å². The number of fused-ring (bicyclic) bond motifs is 4. The second kappa shape index (κ2) is 38.7. The van der Waals surface area contributed by atoms with Crippen LogP contribution in [0.2, 0.25) is 0 Å². The quantitative estimate of drug-likeness (QED) is 0.0632. The molecule has 9 atom stereocenters. The van der Waals surface area contributed by atoms with Crippen LogP contribution in [-0.2, 0) is 47.7 Å². The number of hydrogen-bond donors (Lipinski definition) is 2. The fraction of sp³-hybridized carbons (Fsp3) is 0.354. The van der Waals surface area contributed by atoms with E-state index in [-0.39, 0.29) is 73.0 Å². The lowest BCUT2D eigenvalue weighted by Gasteiger charge is -2.32. The molecule has 2 N–H and O–H groups in total. The summed E-state index contributed by atoms with van der Waals surface area (Å²) in [7, 11) is 5.44. The van der Waals surface area contributed by atoms with Crippen molar-refractivity contribution < 1.29 is 71.4 Å². The molecule has 638 valence electrons. The summed E-state index contributed by atoms with van der Waals surface area (Å²) < 4.78 is 50.3. The van der Waals surface area contributed by atoms with Crippen molar-refractivity contribution in [3.8, 4) is 69.1 Å². The summed E-state index contributed by atoms with van der Waals surface area (Å²) in [5.41, 5.74) is 10.2. The second-order valence-electron chi connectivity index (χ2n) is 33.1. The van der Waals surface area contributed by atoms with Crippen LogP contribution in [0.15, 0.2) is 194 Å². The number of ether oxygens (including phenoxy) is 9. The molecule has 4 aliphatic rings. The van der Waals surface area contributed by atoms with Crippen molar-refractivity contribution in [1.29, 1.82) is 0 Å². The molecule has 0 spiro atoms. The smallest absolute Gasteiger partial charge is 0.411 e. The van der Waals surface area contributed by atoms with Crippen molar-refractivity contribution in [3.05, 3.63) is 216 Å². The van der Waals surface area contributed by atoms with Gasteiger partial charge in [0.25, 0.3) is 0 Å². The first kappa shape index (κ1) is 87.7. The van der Waals surface area contributed by atoms with Gasteiger partial charge in [-0.2, -0.15) is 19.9 Å². The molecule has 27 nitrogen and oxygen atoms in total. The Kier molecular flexibility index (Phi) is 27.6. The Morgan fingerprint density at radius 3 is 0.935 bits per heavy atom. The molecule has 4 aromatic heterocycles. The number of carbonyl (C=O) groups is 6. The Balaban J connectivity index is 0.000000142. The third-order valence-corrected chi connectivity index (χ3v) is 21.7. The van der Waals surface area contributed by atoms with Gasteiger partial charge in [0, 0.05) is 66.9 Å². The summed E-state index contributed by atoms with van der Waals surface area (Å²) >= 11 is 0. The molecular weight excluding hydrogens is 1560 g/mol. The number of benzene rings is 8. The molecule has 4 aliphatic heterocycles. The Morgan fingerprint density at radius 1 is 0.366 bits per heavy atom. The van der Waals surface area contributed by atoms with Crippen LogP contribution in [0.1, 0.15) is 96.4 Å². The van der Waals surface area contributed by atoms with Crippen LogP contribution in [0.3, 0.4) is 0 Å².